The van der Waals surface area contributed by atoms with Gasteiger partial charge in [-0.3, -0.25) is 4.72 Å². The van der Waals surface area contributed by atoms with Gasteiger partial charge in [-0.15, -0.1) is 0 Å². The first-order valence-corrected chi connectivity index (χ1v) is 10.9. The van der Waals surface area contributed by atoms with Gasteiger partial charge >= 0.3 is 0 Å². The average Bonchev–Trinajstić information content (AvgIpc) is 2.73. The topological polar surface area (TPSA) is 67.9 Å². The lowest BCUT2D eigenvalue weighted by molar-refractivity contribution is 0.164. The van der Waals surface area contributed by atoms with E-state index in [1.165, 1.54) is 0 Å². The highest BCUT2D eigenvalue weighted by atomic mass is 32.2. The predicted octanol–water partition coefficient (Wildman–Crippen LogP) is 3.51. The van der Waals surface area contributed by atoms with E-state index in [4.69, 9.17) is 9.47 Å². The Hall–Kier alpha value is -2.77. The number of ether oxygens (including phenoxy) is 2. The van der Waals surface area contributed by atoms with Gasteiger partial charge in [0, 0.05) is 17.0 Å². The molecule has 1 N–H and O–H groups in total. The highest BCUT2D eigenvalue weighted by Crippen LogP contribution is 2.41. The lowest BCUT2D eigenvalue weighted by atomic mass is 10.00. The SMILES string of the molecule is COc1ccc(NS(=O)(=O)c2cccc3ccccc23)c2c1C[C@@H](N(C)C)CO2. The first-order chi connectivity index (χ1) is 13.9. The van der Waals surface area contributed by atoms with Crippen molar-refractivity contribution in [1.29, 1.82) is 0 Å². The molecule has 1 atom stereocenters. The lowest BCUT2D eigenvalue weighted by Crippen LogP contribution is -2.38. The summed E-state index contributed by atoms with van der Waals surface area (Å²) in [5, 5.41) is 1.55. The summed E-state index contributed by atoms with van der Waals surface area (Å²) < 4.78 is 40.7. The molecule has 0 unspecified atom stereocenters. The molecule has 1 aliphatic rings. The number of benzene rings is 3. The van der Waals surface area contributed by atoms with Crippen LogP contribution in [-0.4, -0.2) is 47.2 Å². The van der Waals surface area contributed by atoms with Crippen molar-refractivity contribution >= 4 is 26.5 Å². The second kappa shape index (κ2) is 7.57. The number of nitrogens with one attached hydrogen (secondary N) is 1. The molecule has 0 aromatic heterocycles. The monoisotopic (exact) mass is 412 g/mol. The van der Waals surface area contributed by atoms with Gasteiger partial charge in [-0.25, -0.2) is 8.42 Å². The van der Waals surface area contributed by atoms with Gasteiger partial charge in [0.2, 0.25) is 0 Å². The number of hydrogen-bond donors (Lipinski definition) is 1. The fourth-order valence-electron chi connectivity index (χ4n) is 3.68. The first-order valence-electron chi connectivity index (χ1n) is 9.40. The number of anilines is 1. The number of fused-ring (bicyclic) bond motifs is 2. The Morgan fingerprint density at radius 2 is 1.83 bits per heavy atom. The summed E-state index contributed by atoms with van der Waals surface area (Å²) in [5.41, 5.74) is 1.29. The van der Waals surface area contributed by atoms with E-state index in [0.29, 0.717) is 29.2 Å². The maximum absolute atomic E-state index is 13.2. The summed E-state index contributed by atoms with van der Waals surface area (Å²) in [4.78, 5) is 2.33. The van der Waals surface area contributed by atoms with Crippen LogP contribution in [0.3, 0.4) is 0 Å². The maximum atomic E-state index is 13.2. The predicted molar refractivity (Wildman–Crippen MR) is 114 cm³/mol. The van der Waals surface area contributed by atoms with Crippen LogP contribution in [0, 0.1) is 0 Å². The van der Waals surface area contributed by atoms with Crippen LogP contribution in [-0.2, 0) is 16.4 Å². The van der Waals surface area contributed by atoms with Crippen LogP contribution in [0.2, 0.25) is 0 Å². The third kappa shape index (κ3) is 3.63. The summed E-state index contributed by atoms with van der Waals surface area (Å²) in [6.45, 7) is 0.482. The summed E-state index contributed by atoms with van der Waals surface area (Å²) in [7, 11) is 1.80. The van der Waals surface area contributed by atoms with Crippen molar-refractivity contribution < 1.29 is 17.9 Å². The third-order valence-electron chi connectivity index (χ3n) is 5.31. The largest absolute Gasteiger partial charge is 0.496 e. The van der Waals surface area contributed by atoms with Crippen molar-refractivity contribution in [1.82, 2.24) is 4.90 Å². The number of hydrogen-bond acceptors (Lipinski definition) is 5. The van der Waals surface area contributed by atoms with Gasteiger partial charge in [-0.2, -0.15) is 0 Å². The molecule has 29 heavy (non-hydrogen) atoms. The van der Waals surface area contributed by atoms with Crippen molar-refractivity contribution in [3.05, 3.63) is 60.2 Å². The zero-order valence-electron chi connectivity index (χ0n) is 16.7. The van der Waals surface area contributed by atoms with Gasteiger partial charge in [-0.1, -0.05) is 36.4 Å². The summed E-state index contributed by atoms with van der Waals surface area (Å²) in [6, 6.07) is 16.4. The standard InChI is InChI=1S/C22H24N2O4S/c1-24(2)16-13-18-20(27-3)12-11-19(22(18)28-14-16)23-29(25,26)21-10-6-8-15-7-4-5-9-17(15)21/h4-12,16,23H,13-14H2,1-3H3/t16-/m1/s1. The molecule has 6 nitrogen and oxygen atoms in total. The minimum absolute atomic E-state index is 0.196. The number of likely N-dealkylation sites (N-methyl/N-ethyl adjacent to an activating group) is 1. The molecule has 1 aliphatic heterocycles. The van der Waals surface area contributed by atoms with Crippen molar-refractivity contribution in [2.75, 3.05) is 32.5 Å². The zero-order chi connectivity index (χ0) is 20.6. The summed E-state index contributed by atoms with van der Waals surface area (Å²) in [6.07, 6.45) is 0.718. The fraction of sp³-hybridized carbons (Fsp3) is 0.273. The molecule has 3 aromatic carbocycles. The Morgan fingerprint density at radius 1 is 1.07 bits per heavy atom. The second-order valence-electron chi connectivity index (χ2n) is 7.34. The van der Waals surface area contributed by atoms with Crippen molar-refractivity contribution in [3.8, 4) is 11.5 Å². The van der Waals surface area contributed by atoms with Crippen LogP contribution in [0.15, 0.2) is 59.5 Å². The molecule has 4 rings (SSSR count). The van der Waals surface area contributed by atoms with E-state index < -0.39 is 10.0 Å². The Labute approximate surface area is 171 Å². The van der Waals surface area contributed by atoms with Gasteiger partial charge in [0.15, 0.2) is 0 Å². The third-order valence-corrected chi connectivity index (χ3v) is 6.73. The number of methoxy groups -OCH3 is 1. The van der Waals surface area contributed by atoms with Crippen LogP contribution in [0.5, 0.6) is 11.5 Å². The van der Waals surface area contributed by atoms with Crippen molar-refractivity contribution in [2.24, 2.45) is 0 Å². The van der Waals surface area contributed by atoms with Gasteiger partial charge in [-0.05, 0) is 44.1 Å². The van der Waals surface area contributed by atoms with Crippen molar-refractivity contribution in [2.45, 2.75) is 17.4 Å². The van der Waals surface area contributed by atoms with E-state index in [9.17, 15) is 8.42 Å². The highest BCUT2D eigenvalue weighted by Gasteiger charge is 2.28. The van der Waals surface area contributed by atoms with E-state index in [1.807, 2.05) is 44.4 Å². The summed E-state index contributed by atoms with van der Waals surface area (Å²) >= 11 is 0. The average molecular weight is 413 g/mol. The zero-order valence-corrected chi connectivity index (χ0v) is 17.5. The minimum Gasteiger partial charge on any atom is -0.496 e. The smallest absolute Gasteiger partial charge is 0.262 e. The van der Waals surface area contributed by atoms with Crippen molar-refractivity contribution in [3.63, 3.8) is 0 Å². The van der Waals surface area contributed by atoms with E-state index in [-0.39, 0.29) is 10.9 Å². The van der Waals surface area contributed by atoms with Crippen LogP contribution in [0.4, 0.5) is 5.69 Å². The molecular formula is C22H24N2O4S. The second-order valence-corrected chi connectivity index (χ2v) is 8.99. The van der Waals surface area contributed by atoms with Gasteiger partial charge in [0.05, 0.1) is 17.7 Å². The van der Waals surface area contributed by atoms with Crippen LogP contribution in [0.1, 0.15) is 5.56 Å². The van der Waals surface area contributed by atoms with E-state index in [2.05, 4.69) is 9.62 Å². The molecule has 0 bridgehead atoms. The molecule has 0 saturated heterocycles. The molecule has 152 valence electrons. The molecular weight excluding hydrogens is 388 g/mol. The van der Waals surface area contributed by atoms with Gasteiger partial charge in [0.1, 0.15) is 18.1 Å². The molecule has 0 aliphatic carbocycles. The Kier molecular flexibility index (Phi) is 5.10. The van der Waals surface area contributed by atoms with E-state index >= 15 is 0 Å². The number of nitrogens with zero attached hydrogens (tertiary/aromatic N) is 1. The summed E-state index contributed by atoms with van der Waals surface area (Å²) in [5.74, 6) is 1.23. The minimum atomic E-state index is -3.80. The molecule has 0 fully saturated rings. The van der Waals surface area contributed by atoms with E-state index in [0.717, 1.165) is 17.4 Å². The highest BCUT2D eigenvalue weighted by molar-refractivity contribution is 7.93. The molecule has 0 saturated carbocycles. The van der Waals surface area contributed by atoms with Crippen LogP contribution in [0.25, 0.3) is 10.8 Å². The number of rotatable bonds is 5. The molecule has 0 amide bonds. The molecule has 7 heteroatoms. The quantitative estimate of drug-likeness (QED) is 0.695. The lowest BCUT2D eigenvalue weighted by Gasteiger charge is -2.32. The first kappa shape index (κ1) is 19.5. The maximum Gasteiger partial charge on any atom is 0.262 e. The van der Waals surface area contributed by atoms with Gasteiger partial charge < -0.3 is 14.4 Å². The fourth-order valence-corrected chi connectivity index (χ4v) is 4.97. The van der Waals surface area contributed by atoms with Gasteiger partial charge in [0.25, 0.3) is 10.0 Å². The molecule has 0 spiro atoms. The Bertz CT molecular complexity index is 1150. The molecule has 3 aromatic rings. The van der Waals surface area contributed by atoms with E-state index in [1.54, 1.807) is 31.4 Å². The van der Waals surface area contributed by atoms with Crippen LogP contribution >= 0.6 is 0 Å². The van der Waals surface area contributed by atoms with Crippen LogP contribution < -0.4 is 14.2 Å². The number of sulfonamides is 1. The molecule has 1 heterocycles. The Balaban J connectivity index is 1.76. The Morgan fingerprint density at radius 3 is 2.59 bits per heavy atom. The normalized spacial score (nSPS) is 16.3. The molecule has 0 radical (unpaired) electrons.